The van der Waals surface area contributed by atoms with Gasteiger partial charge in [0.15, 0.2) is 0 Å². The maximum atomic E-state index is 10.2. The first kappa shape index (κ1) is 6.35. The normalized spacial score (nSPS) is 50.1. The molecule has 0 aromatic carbocycles. The van der Waals surface area contributed by atoms with Crippen LogP contribution in [0.25, 0.3) is 0 Å². The number of hydrogen-bond acceptors (Lipinski definition) is 2. The number of rotatable bonds is 1. The second kappa shape index (κ2) is 2.06. The van der Waals surface area contributed by atoms with Crippen LogP contribution in [0.15, 0.2) is 17.3 Å². The Morgan fingerprint density at radius 3 is 2.50 bits per heavy atom. The minimum Gasteiger partial charge on any atom is -0.150 e. The van der Waals surface area contributed by atoms with Crippen LogP contribution < -0.4 is 0 Å². The van der Waals surface area contributed by atoms with Crippen molar-refractivity contribution in [3.05, 3.63) is 17.1 Å². The van der Waals surface area contributed by atoms with E-state index in [1.807, 2.05) is 0 Å². The van der Waals surface area contributed by atoms with Gasteiger partial charge in [0.25, 0.3) is 0 Å². The molecule has 0 radical (unpaired) electrons. The standard InChI is InChI=1S/C7H8ClNO/c8-6-4-1-2-5(3-4)7(6)9-10/h1-2,4-7H,3H2/t4-,5+,6+,7-/m1/s1. The molecule has 1 fully saturated rings. The van der Waals surface area contributed by atoms with Gasteiger partial charge in [-0.05, 0) is 12.3 Å². The molecule has 1 saturated carbocycles. The molecule has 0 saturated heterocycles. The SMILES string of the molecule is O=N[C@H]1[C@@H](Cl)[C@@H]2C=C[C@H]1C2. The highest BCUT2D eigenvalue weighted by atomic mass is 35.5. The molecule has 2 rings (SSSR count). The van der Waals surface area contributed by atoms with Gasteiger partial charge < -0.3 is 0 Å². The summed E-state index contributed by atoms with van der Waals surface area (Å²) in [6, 6.07) is -0.156. The molecule has 2 aliphatic carbocycles. The molecule has 0 spiro atoms. The van der Waals surface area contributed by atoms with Gasteiger partial charge in [-0.15, -0.1) is 11.6 Å². The molecule has 0 amide bonds. The molecular weight excluding hydrogens is 150 g/mol. The summed E-state index contributed by atoms with van der Waals surface area (Å²) in [6.45, 7) is 0. The maximum Gasteiger partial charge on any atom is 0.115 e. The van der Waals surface area contributed by atoms with Crippen LogP contribution in [0.2, 0.25) is 0 Å². The van der Waals surface area contributed by atoms with Crippen LogP contribution in [-0.4, -0.2) is 11.4 Å². The monoisotopic (exact) mass is 157 g/mol. The zero-order valence-electron chi connectivity index (χ0n) is 5.40. The molecule has 4 atom stereocenters. The quantitative estimate of drug-likeness (QED) is 0.325. The zero-order valence-corrected chi connectivity index (χ0v) is 6.16. The van der Waals surface area contributed by atoms with Gasteiger partial charge >= 0.3 is 0 Å². The van der Waals surface area contributed by atoms with Crippen LogP contribution in [0.5, 0.6) is 0 Å². The van der Waals surface area contributed by atoms with E-state index >= 15 is 0 Å². The zero-order chi connectivity index (χ0) is 7.14. The fraction of sp³-hybridized carbons (Fsp3) is 0.714. The Morgan fingerprint density at radius 1 is 1.40 bits per heavy atom. The van der Waals surface area contributed by atoms with Crippen LogP contribution in [0.3, 0.4) is 0 Å². The molecule has 0 unspecified atom stereocenters. The highest BCUT2D eigenvalue weighted by Crippen LogP contribution is 2.43. The fourth-order valence-electron chi connectivity index (χ4n) is 1.87. The highest BCUT2D eigenvalue weighted by molar-refractivity contribution is 6.21. The van der Waals surface area contributed by atoms with E-state index in [-0.39, 0.29) is 11.4 Å². The Labute approximate surface area is 64.2 Å². The summed E-state index contributed by atoms with van der Waals surface area (Å²) < 4.78 is 0. The van der Waals surface area contributed by atoms with E-state index in [1.165, 1.54) is 0 Å². The van der Waals surface area contributed by atoms with Crippen molar-refractivity contribution in [2.75, 3.05) is 0 Å². The lowest BCUT2D eigenvalue weighted by atomic mass is 10.0. The molecule has 10 heavy (non-hydrogen) atoms. The maximum absolute atomic E-state index is 10.2. The Kier molecular flexibility index (Phi) is 1.31. The third-order valence-electron chi connectivity index (χ3n) is 2.45. The number of alkyl halides is 1. The summed E-state index contributed by atoms with van der Waals surface area (Å²) in [7, 11) is 0. The van der Waals surface area contributed by atoms with Gasteiger partial charge in [-0.2, -0.15) is 4.91 Å². The molecule has 54 valence electrons. The van der Waals surface area contributed by atoms with Crippen molar-refractivity contribution in [2.24, 2.45) is 17.0 Å². The van der Waals surface area contributed by atoms with Crippen molar-refractivity contribution in [3.8, 4) is 0 Å². The van der Waals surface area contributed by atoms with Crippen LogP contribution in [0.1, 0.15) is 6.42 Å². The molecule has 0 N–H and O–H groups in total. The molecule has 0 aromatic rings. The predicted octanol–water partition coefficient (Wildman–Crippen LogP) is 1.93. The second-order valence-corrected chi connectivity index (χ2v) is 3.49. The summed E-state index contributed by atoms with van der Waals surface area (Å²) in [5.41, 5.74) is 0. The lowest BCUT2D eigenvalue weighted by Gasteiger charge is -2.14. The van der Waals surface area contributed by atoms with Gasteiger partial charge in [-0.25, -0.2) is 0 Å². The van der Waals surface area contributed by atoms with E-state index < -0.39 is 0 Å². The number of allylic oxidation sites excluding steroid dienone is 1. The molecule has 3 heteroatoms. The Bertz CT molecular complexity index is 192. The van der Waals surface area contributed by atoms with Gasteiger partial charge in [-0.1, -0.05) is 17.3 Å². The van der Waals surface area contributed by atoms with Gasteiger partial charge in [0.05, 0.1) is 5.38 Å². The van der Waals surface area contributed by atoms with Gasteiger partial charge in [0.2, 0.25) is 0 Å². The van der Waals surface area contributed by atoms with E-state index in [9.17, 15) is 4.91 Å². The van der Waals surface area contributed by atoms with Gasteiger partial charge in [0.1, 0.15) is 6.04 Å². The first-order valence-corrected chi connectivity index (χ1v) is 3.91. The fourth-order valence-corrected chi connectivity index (χ4v) is 2.29. The van der Waals surface area contributed by atoms with Crippen LogP contribution in [-0.2, 0) is 0 Å². The Morgan fingerprint density at radius 2 is 2.10 bits per heavy atom. The van der Waals surface area contributed by atoms with Crippen molar-refractivity contribution in [1.82, 2.24) is 0 Å². The Balaban J connectivity index is 2.25. The minimum atomic E-state index is -0.156. The third-order valence-corrected chi connectivity index (χ3v) is 3.03. The van der Waals surface area contributed by atoms with Gasteiger partial charge in [-0.3, -0.25) is 0 Å². The van der Waals surface area contributed by atoms with Crippen LogP contribution >= 0.6 is 11.6 Å². The summed E-state index contributed by atoms with van der Waals surface area (Å²) in [5, 5.41) is 2.98. The number of nitroso groups, excluding NO2 is 1. The molecule has 0 aliphatic heterocycles. The molecule has 0 aromatic heterocycles. The third kappa shape index (κ3) is 0.655. The average molecular weight is 158 g/mol. The summed E-state index contributed by atoms with van der Waals surface area (Å²) in [5.74, 6) is 0.749. The van der Waals surface area contributed by atoms with E-state index in [4.69, 9.17) is 11.6 Å². The second-order valence-electron chi connectivity index (χ2n) is 2.99. The van der Waals surface area contributed by atoms with Crippen LogP contribution in [0.4, 0.5) is 0 Å². The van der Waals surface area contributed by atoms with Crippen molar-refractivity contribution >= 4 is 11.6 Å². The topological polar surface area (TPSA) is 29.4 Å². The lowest BCUT2D eigenvalue weighted by molar-refractivity contribution is 0.580. The van der Waals surface area contributed by atoms with Crippen molar-refractivity contribution in [2.45, 2.75) is 17.8 Å². The smallest absolute Gasteiger partial charge is 0.115 e. The van der Waals surface area contributed by atoms with Gasteiger partial charge in [0, 0.05) is 5.92 Å². The van der Waals surface area contributed by atoms with Crippen molar-refractivity contribution in [1.29, 1.82) is 0 Å². The first-order chi connectivity index (χ1) is 4.83. The average Bonchev–Trinajstić information content (AvgIpc) is 2.46. The summed E-state index contributed by atoms with van der Waals surface area (Å²) >= 11 is 5.93. The Hall–Kier alpha value is -0.370. The minimum absolute atomic E-state index is 0.0347. The predicted molar refractivity (Wildman–Crippen MR) is 40.0 cm³/mol. The van der Waals surface area contributed by atoms with Crippen LogP contribution in [0, 0.1) is 16.7 Å². The largest absolute Gasteiger partial charge is 0.150 e. The number of halogens is 1. The lowest BCUT2D eigenvalue weighted by Crippen LogP contribution is -2.22. The van der Waals surface area contributed by atoms with E-state index in [0.29, 0.717) is 11.8 Å². The molecule has 0 heterocycles. The summed E-state index contributed by atoms with van der Waals surface area (Å²) in [6.07, 6.45) is 5.20. The van der Waals surface area contributed by atoms with E-state index in [2.05, 4.69) is 17.3 Å². The van der Waals surface area contributed by atoms with E-state index in [1.54, 1.807) is 0 Å². The molecular formula is C7H8ClNO. The van der Waals surface area contributed by atoms with Crippen molar-refractivity contribution in [3.63, 3.8) is 0 Å². The number of fused-ring (bicyclic) bond motifs is 2. The number of hydrogen-bond donors (Lipinski definition) is 0. The first-order valence-electron chi connectivity index (χ1n) is 3.48. The molecule has 2 aliphatic rings. The molecule has 2 nitrogen and oxygen atoms in total. The summed E-state index contributed by atoms with van der Waals surface area (Å²) in [4.78, 5) is 10.2. The highest BCUT2D eigenvalue weighted by Gasteiger charge is 2.44. The molecule has 2 bridgehead atoms. The number of nitrogens with zero attached hydrogens (tertiary/aromatic N) is 1. The van der Waals surface area contributed by atoms with Crippen molar-refractivity contribution < 1.29 is 0 Å². The van der Waals surface area contributed by atoms with E-state index in [0.717, 1.165) is 6.42 Å².